The summed E-state index contributed by atoms with van der Waals surface area (Å²) >= 11 is 0. The number of carbonyl (C=O) groups excluding carboxylic acids is 2. The Labute approximate surface area is 126 Å². The molecule has 0 aromatic carbocycles. The summed E-state index contributed by atoms with van der Waals surface area (Å²) in [6.45, 7) is 11.1. The molecule has 0 aromatic rings. The molecule has 0 aliphatic carbocycles. The van der Waals surface area contributed by atoms with Gasteiger partial charge in [-0.05, 0) is 13.8 Å². The van der Waals surface area contributed by atoms with Crippen molar-refractivity contribution in [2.45, 2.75) is 19.9 Å². The van der Waals surface area contributed by atoms with Crippen LogP contribution in [0.1, 0.15) is 13.8 Å². The van der Waals surface area contributed by atoms with Crippen LogP contribution in [0.25, 0.3) is 0 Å². The Morgan fingerprint density at radius 2 is 2.05 bits per heavy atom. The van der Waals surface area contributed by atoms with Gasteiger partial charge in [0.1, 0.15) is 0 Å². The van der Waals surface area contributed by atoms with Gasteiger partial charge in [0.15, 0.2) is 0 Å². The van der Waals surface area contributed by atoms with Crippen LogP contribution in [0.3, 0.4) is 0 Å². The molecule has 2 aliphatic heterocycles. The van der Waals surface area contributed by atoms with Crippen LogP contribution in [0.5, 0.6) is 0 Å². The molecule has 0 spiro atoms. The molecule has 3 amide bonds. The molecular formula is C14H26N4O3. The smallest absolute Gasteiger partial charge is 0.324 e. The van der Waals surface area contributed by atoms with Gasteiger partial charge < -0.3 is 10.1 Å². The lowest BCUT2D eigenvalue weighted by atomic mass is 10.2. The van der Waals surface area contributed by atoms with Crippen molar-refractivity contribution < 1.29 is 14.3 Å². The third kappa shape index (κ3) is 4.39. The minimum Gasteiger partial charge on any atom is -0.380 e. The number of piperazine rings is 1. The standard InChI is InChI=1S/C14H26N4O3/c1-3-21-9-8-17-6-4-16(11-12(17)2)5-7-18-13(19)10-15-14(18)20/h12H,3-11H2,1-2H3,(H,15,20)/t12-/m1/s1. The van der Waals surface area contributed by atoms with Crippen LogP contribution in [0, 0.1) is 0 Å². The van der Waals surface area contributed by atoms with Crippen molar-refractivity contribution in [3.05, 3.63) is 0 Å². The highest BCUT2D eigenvalue weighted by Crippen LogP contribution is 2.09. The van der Waals surface area contributed by atoms with Gasteiger partial charge in [0.05, 0.1) is 13.2 Å². The topological polar surface area (TPSA) is 65.1 Å². The zero-order valence-electron chi connectivity index (χ0n) is 13.0. The molecule has 21 heavy (non-hydrogen) atoms. The first-order valence-corrected chi connectivity index (χ1v) is 7.74. The van der Waals surface area contributed by atoms with Crippen LogP contribution in [-0.4, -0.2) is 91.7 Å². The van der Waals surface area contributed by atoms with Gasteiger partial charge in [-0.2, -0.15) is 0 Å². The largest absolute Gasteiger partial charge is 0.380 e. The Morgan fingerprint density at radius 1 is 1.24 bits per heavy atom. The van der Waals surface area contributed by atoms with Gasteiger partial charge in [-0.1, -0.05) is 0 Å². The summed E-state index contributed by atoms with van der Waals surface area (Å²) in [4.78, 5) is 29.1. The predicted molar refractivity (Wildman–Crippen MR) is 79.1 cm³/mol. The summed E-state index contributed by atoms with van der Waals surface area (Å²) in [6.07, 6.45) is 0. The summed E-state index contributed by atoms with van der Waals surface area (Å²) < 4.78 is 5.41. The van der Waals surface area contributed by atoms with Crippen molar-refractivity contribution in [1.82, 2.24) is 20.0 Å². The lowest BCUT2D eigenvalue weighted by molar-refractivity contribution is -0.125. The monoisotopic (exact) mass is 298 g/mol. The number of nitrogens with zero attached hydrogens (tertiary/aromatic N) is 3. The number of hydrogen-bond donors (Lipinski definition) is 1. The zero-order valence-corrected chi connectivity index (χ0v) is 13.0. The fraction of sp³-hybridized carbons (Fsp3) is 0.857. The van der Waals surface area contributed by atoms with Crippen LogP contribution in [0.15, 0.2) is 0 Å². The van der Waals surface area contributed by atoms with E-state index in [9.17, 15) is 9.59 Å². The highest BCUT2D eigenvalue weighted by atomic mass is 16.5. The summed E-state index contributed by atoms with van der Waals surface area (Å²) in [6, 6.07) is 0.214. The number of imide groups is 1. The molecule has 0 saturated carbocycles. The molecule has 0 bridgehead atoms. The number of hydrogen-bond acceptors (Lipinski definition) is 5. The van der Waals surface area contributed by atoms with Crippen LogP contribution < -0.4 is 5.32 Å². The summed E-state index contributed by atoms with van der Waals surface area (Å²) in [5, 5.41) is 2.55. The maximum atomic E-state index is 11.5. The highest BCUT2D eigenvalue weighted by molar-refractivity contribution is 6.01. The second-order valence-electron chi connectivity index (χ2n) is 5.59. The van der Waals surface area contributed by atoms with Crippen LogP contribution in [0.2, 0.25) is 0 Å². The molecule has 0 aromatic heterocycles. The van der Waals surface area contributed by atoms with E-state index in [1.54, 1.807) is 0 Å². The van der Waals surface area contributed by atoms with Gasteiger partial charge >= 0.3 is 6.03 Å². The van der Waals surface area contributed by atoms with E-state index in [0.29, 0.717) is 12.6 Å². The fourth-order valence-corrected chi connectivity index (χ4v) is 2.86. The van der Waals surface area contributed by atoms with Crippen LogP contribution in [0.4, 0.5) is 4.79 Å². The highest BCUT2D eigenvalue weighted by Gasteiger charge is 2.29. The Hall–Kier alpha value is -1.18. The van der Waals surface area contributed by atoms with E-state index in [1.807, 2.05) is 6.92 Å². The predicted octanol–water partition coefficient (Wildman–Crippen LogP) is -0.419. The lowest BCUT2D eigenvalue weighted by Gasteiger charge is -2.40. The van der Waals surface area contributed by atoms with Crippen LogP contribution in [-0.2, 0) is 9.53 Å². The van der Waals surface area contributed by atoms with E-state index in [-0.39, 0.29) is 18.5 Å². The van der Waals surface area contributed by atoms with E-state index in [1.165, 1.54) is 4.90 Å². The third-order valence-corrected chi connectivity index (χ3v) is 4.15. The Morgan fingerprint density at radius 3 is 2.67 bits per heavy atom. The molecule has 7 nitrogen and oxygen atoms in total. The first kappa shape index (κ1) is 16.2. The van der Waals surface area contributed by atoms with Gasteiger partial charge in [-0.15, -0.1) is 0 Å². The number of amides is 3. The van der Waals surface area contributed by atoms with Crippen molar-refractivity contribution in [2.24, 2.45) is 0 Å². The average molecular weight is 298 g/mol. The van der Waals surface area contributed by atoms with Crippen molar-refractivity contribution in [3.63, 3.8) is 0 Å². The molecular weight excluding hydrogens is 272 g/mol. The maximum absolute atomic E-state index is 11.5. The second kappa shape index (κ2) is 7.72. The third-order valence-electron chi connectivity index (χ3n) is 4.15. The van der Waals surface area contributed by atoms with Crippen LogP contribution >= 0.6 is 0 Å². The molecule has 1 N–H and O–H groups in total. The Bertz CT molecular complexity index is 361. The first-order valence-electron chi connectivity index (χ1n) is 7.74. The van der Waals surface area contributed by atoms with Gasteiger partial charge in [-0.3, -0.25) is 19.5 Å². The number of rotatable bonds is 7. The van der Waals surface area contributed by atoms with E-state index >= 15 is 0 Å². The minimum absolute atomic E-state index is 0.122. The molecule has 0 radical (unpaired) electrons. The molecule has 120 valence electrons. The Balaban J connectivity index is 1.70. The molecule has 2 heterocycles. The van der Waals surface area contributed by atoms with Crippen molar-refractivity contribution in [3.8, 4) is 0 Å². The van der Waals surface area contributed by atoms with E-state index in [4.69, 9.17) is 4.74 Å². The normalized spacial score (nSPS) is 24.7. The maximum Gasteiger partial charge on any atom is 0.324 e. The van der Waals surface area contributed by atoms with Gasteiger partial charge in [0.25, 0.3) is 0 Å². The fourth-order valence-electron chi connectivity index (χ4n) is 2.86. The summed E-state index contributed by atoms with van der Waals surface area (Å²) in [5.41, 5.74) is 0. The molecule has 2 aliphatic rings. The molecule has 2 fully saturated rings. The van der Waals surface area contributed by atoms with Gasteiger partial charge in [0.2, 0.25) is 5.91 Å². The lowest BCUT2D eigenvalue weighted by Crippen LogP contribution is -2.54. The SMILES string of the molecule is CCOCCN1CCN(CCN2C(=O)CNC2=O)C[C@H]1C. The van der Waals surface area contributed by atoms with Gasteiger partial charge in [0, 0.05) is 51.9 Å². The zero-order chi connectivity index (χ0) is 15.2. The Kier molecular flexibility index (Phi) is 5.96. The summed E-state index contributed by atoms with van der Waals surface area (Å²) in [5.74, 6) is -0.122. The average Bonchev–Trinajstić information content (AvgIpc) is 2.78. The molecule has 2 saturated heterocycles. The van der Waals surface area contributed by atoms with E-state index in [0.717, 1.165) is 45.9 Å². The summed E-state index contributed by atoms with van der Waals surface area (Å²) in [7, 11) is 0. The second-order valence-corrected chi connectivity index (χ2v) is 5.59. The molecule has 7 heteroatoms. The van der Waals surface area contributed by atoms with Crippen molar-refractivity contribution >= 4 is 11.9 Å². The minimum atomic E-state index is -0.261. The van der Waals surface area contributed by atoms with Gasteiger partial charge in [-0.25, -0.2) is 4.79 Å². The van der Waals surface area contributed by atoms with E-state index < -0.39 is 0 Å². The quantitative estimate of drug-likeness (QED) is 0.511. The molecule has 0 unspecified atom stereocenters. The van der Waals surface area contributed by atoms with Crippen molar-refractivity contribution in [2.75, 3.05) is 59.0 Å². The van der Waals surface area contributed by atoms with E-state index in [2.05, 4.69) is 22.0 Å². The van der Waals surface area contributed by atoms with Crippen molar-refractivity contribution in [1.29, 1.82) is 0 Å². The number of ether oxygens (including phenoxy) is 1. The first-order chi connectivity index (χ1) is 10.1. The number of nitrogens with one attached hydrogen (secondary N) is 1. The molecule has 2 rings (SSSR count). The number of urea groups is 1. The molecule has 1 atom stereocenters. The number of carbonyl (C=O) groups is 2.